The van der Waals surface area contributed by atoms with E-state index in [0.717, 1.165) is 11.8 Å². The normalized spacial score (nSPS) is 13.1. The first-order chi connectivity index (χ1) is 37.2. The Hall–Kier alpha value is -8.02. The minimum Gasteiger partial charge on any atom is -0.468 e. The van der Waals surface area contributed by atoms with Crippen LogP contribution in [0.2, 0.25) is 0 Å². The van der Waals surface area contributed by atoms with Crippen LogP contribution in [0, 0.1) is 40.9 Å². The van der Waals surface area contributed by atoms with E-state index in [1.54, 1.807) is 122 Å². The Bertz CT molecular complexity index is 3090. The van der Waals surface area contributed by atoms with Crippen LogP contribution < -0.4 is 5.32 Å². The summed E-state index contributed by atoms with van der Waals surface area (Å²) in [6, 6.07) is 37.7. The molecule has 1 aliphatic heterocycles. The van der Waals surface area contributed by atoms with Crippen molar-refractivity contribution in [3.63, 3.8) is 0 Å². The van der Waals surface area contributed by atoms with Crippen molar-refractivity contribution in [1.82, 2.24) is 30.2 Å². The molecular weight excluding hydrogens is 1110 g/mol. The molecular formula is C49H49N9O15S5. The number of hydrogen-bond acceptors (Lipinski definition) is 24. The van der Waals surface area contributed by atoms with Gasteiger partial charge in [0.15, 0.2) is 12.4 Å². The molecule has 4 unspecified atom stereocenters. The average Bonchev–Trinajstić information content (AvgIpc) is 3.46. The van der Waals surface area contributed by atoms with Crippen molar-refractivity contribution >= 4 is 86.7 Å². The Morgan fingerprint density at radius 2 is 1.24 bits per heavy atom. The lowest BCUT2D eigenvalue weighted by atomic mass is 10.2. The summed E-state index contributed by atoms with van der Waals surface area (Å²) in [6.45, 7) is 1.85. The Labute approximate surface area is 463 Å². The first-order valence-corrected chi connectivity index (χ1v) is 27.1. The largest absolute Gasteiger partial charge is 0.468 e. The van der Waals surface area contributed by atoms with E-state index in [2.05, 4.69) is 58.4 Å². The highest BCUT2D eigenvalue weighted by atomic mass is 32.3. The van der Waals surface area contributed by atoms with Gasteiger partial charge in [-0.05, 0) is 79.7 Å². The van der Waals surface area contributed by atoms with Crippen LogP contribution in [0.25, 0.3) is 0 Å². The lowest BCUT2D eigenvalue weighted by Gasteiger charge is -2.19. The van der Waals surface area contributed by atoms with Gasteiger partial charge in [-0.3, -0.25) is 63.3 Å². The predicted molar refractivity (Wildman–Crippen MR) is 286 cm³/mol. The minimum absolute atomic E-state index is 0.0132. The molecule has 1 saturated heterocycles. The van der Waals surface area contributed by atoms with Gasteiger partial charge in [0.2, 0.25) is 17.9 Å². The van der Waals surface area contributed by atoms with Gasteiger partial charge in [-0.15, -0.1) is 23.5 Å². The van der Waals surface area contributed by atoms with E-state index in [-0.39, 0.29) is 51.1 Å². The molecule has 2 amide bonds. The molecule has 0 spiro atoms. The van der Waals surface area contributed by atoms with Crippen molar-refractivity contribution in [1.29, 1.82) is 15.8 Å². The number of nitriles is 3. The number of carbonyl (C=O) groups is 5. The molecule has 5 aromatic heterocycles. The van der Waals surface area contributed by atoms with Crippen molar-refractivity contribution in [2.75, 3.05) is 31.5 Å². The van der Waals surface area contributed by atoms with Crippen LogP contribution in [-0.2, 0) is 53.4 Å². The number of rotatable bonds is 12. The molecule has 4 atom stereocenters. The van der Waals surface area contributed by atoms with Gasteiger partial charge in [0.1, 0.15) is 28.3 Å². The molecule has 0 aliphatic carbocycles. The van der Waals surface area contributed by atoms with Gasteiger partial charge >= 0.3 is 22.3 Å². The maximum absolute atomic E-state index is 12.1. The van der Waals surface area contributed by atoms with Gasteiger partial charge in [0.05, 0.1) is 65.2 Å². The number of aromatic nitrogens is 5. The summed E-state index contributed by atoms with van der Waals surface area (Å²) in [7, 11) is -6.01. The second-order valence-electron chi connectivity index (χ2n) is 14.0. The second-order valence-corrected chi connectivity index (χ2v) is 18.9. The van der Waals surface area contributed by atoms with Crippen molar-refractivity contribution < 1.29 is 68.7 Å². The van der Waals surface area contributed by atoms with E-state index in [9.17, 15) is 32.4 Å². The van der Waals surface area contributed by atoms with Gasteiger partial charge in [-0.1, -0.05) is 48.0 Å². The summed E-state index contributed by atoms with van der Waals surface area (Å²) in [4.78, 5) is 72.6. The molecule has 78 heavy (non-hydrogen) atoms. The highest BCUT2D eigenvalue weighted by Crippen LogP contribution is 2.30. The first kappa shape index (κ1) is 68.0. The number of esters is 2. The van der Waals surface area contributed by atoms with Gasteiger partial charge < -0.3 is 14.6 Å². The number of benzene rings is 1. The van der Waals surface area contributed by atoms with Gasteiger partial charge in [-0.25, -0.2) is 4.18 Å². The van der Waals surface area contributed by atoms with E-state index in [0.29, 0.717) is 28.5 Å². The maximum Gasteiger partial charge on any atom is 0.394 e. The molecule has 1 fully saturated rings. The van der Waals surface area contributed by atoms with Crippen molar-refractivity contribution in [3.05, 3.63) is 180 Å². The molecule has 1 aliphatic rings. The van der Waals surface area contributed by atoms with Crippen molar-refractivity contribution in [2.24, 2.45) is 0 Å². The molecule has 6 aromatic rings. The predicted octanol–water partition coefficient (Wildman–Crippen LogP) is 5.39. The fourth-order valence-corrected chi connectivity index (χ4v) is 7.64. The molecule has 7 rings (SSSR count). The number of nitrogens with zero attached hydrogens (tertiary/aromatic N) is 8. The van der Waals surface area contributed by atoms with Crippen LogP contribution in [0.1, 0.15) is 61.5 Å². The second kappa shape index (κ2) is 38.5. The maximum atomic E-state index is 12.1. The molecule has 0 radical (unpaired) electrons. The topological polar surface area (TPSA) is 390 Å². The van der Waals surface area contributed by atoms with Crippen LogP contribution in [0.4, 0.5) is 0 Å². The van der Waals surface area contributed by atoms with Crippen LogP contribution in [0.5, 0.6) is 0 Å². The van der Waals surface area contributed by atoms with Gasteiger partial charge in [0, 0.05) is 31.0 Å². The third-order valence-corrected chi connectivity index (χ3v) is 12.2. The minimum atomic E-state index is -4.67. The SMILES string of the molecule is COC(=O)CS.COC(=O)CSC(C#N)c1ccccn1.Cc1ccc(S(=O)(=O)OC(C#N)c2ccccn2)cc1.N#CC(O)c1ccccn1.O=C1CSC(c2ccccn2)C(=O)N1.O=Cc1ccccn1.O=S(=O)(O)O. The number of aliphatic hydroxyl groups is 1. The standard InChI is InChI=1S/C14H12N2O3S.C10H10N2O2S.C9H8N2O2S.C7H6N2O.C6H5NO.C3H6O2S.H2O4S/c1-11-5-7-12(8-6-11)20(17,18)19-14(10-15)13-4-2-3-9-16-13;1-14-10(13)7-15-9(6-11)8-4-2-3-5-12-8;12-7-5-14-8(9(13)11-7)6-3-1-2-4-10-6;8-5-7(10)6-3-1-2-4-9-6;8-5-6-3-1-2-4-7-6;1-5-3(4)2-6;1-5(2,3)4/h2-9,14H,1H3;2-5,9H,7H2,1H3;1-4,8H,5H2,(H,11,12,13);1-4,7,10H;1-5H;6H,2H2,1H3;(H2,1,2,3,4). The Morgan fingerprint density at radius 3 is 1.63 bits per heavy atom. The zero-order chi connectivity index (χ0) is 58.4. The number of aliphatic hydroxyl groups excluding tert-OH is 1. The number of thioether (sulfide) groups is 2. The molecule has 4 N–H and O–H groups in total. The smallest absolute Gasteiger partial charge is 0.394 e. The van der Waals surface area contributed by atoms with E-state index < -0.39 is 38.0 Å². The van der Waals surface area contributed by atoms with E-state index in [1.165, 1.54) is 62.3 Å². The average molecular weight is 1160 g/mol. The van der Waals surface area contributed by atoms with Crippen LogP contribution >= 0.6 is 36.2 Å². The number of carbonyl (C=O) groups excluding carboxylic acids is 5. The summed E-state index contributed by atoms with van der Waals surface area (Å²) in [6.07, 6.45) is 6.22. The molecule has 24 nitrogen and oxygen atoms in total. The Kier molecular flexibility index (Phi) is 33.6. The third-order valence-electron chi connectivity index (χ3n) is 8.37. The van der Waals surface area contributed by atoms with Crippen LogP contribution in [-0.4, -0.2) is 117 Å². The third kappa shape index (κ3) is 29.9. The zero-order valence-corrected chi connectivity index (χ0v) is 45.4. The lowest BCUT2D eigenvalue weighted by molar-refractivity contribution is -0.138. The molecule has 410 valence electrons. The number of imide groups is 1. The lowest BCUT2D eigenvalue weighted by Crippen LogP contribution is -2.39. The number of aryl methyl sites for hydroxylation is 1. The van der Waals surface area contributed by atoms with Crippen LogP contribution in [0.3, 0.4) is 0 Å². The molecule has 0 saturated carbocycles. The number of ether oxygens (including phenoxy) is 2. The zero-order valence-electron chi connectivity index (χ0n) is 41.3. The summed E-state index contributed by atoms with van der Waals surface area (Å²) < 4.78 is 69.4. The van der Waals surface area contributed by atoms with Crippen molar-refractivity contribution in [3.8, 4) is 18.2 Å². The molecule has 29 heteroatoms. The van der Waals surface area contributed by atoms with E-state index >= 15 is 0 Å². The number of amides is 2. The Balaban J connectivity index is 0.000000476. The molecule has 6 heterocycles. The molecule has 1 aromatic carbocycles. The van der Waals surface area contributed by atoms with E-state index in [4.69, 9.17) is 42.6 Å². The summed E-state index contributed by atoms with van der Waals surface area (Å²) in [5, 5.41) is 36.6. The number of thiol groups is 1. The van der Waals surface area contributed by atoms with Crippen molar-refractivity contribution in [2.45, 2.75) is 34.5 Å². The van der Waals surface area contributed by atoms with Gasteiger partial charge in [-0.2, -0.15) is 45.3 Å². The Morgan fingerprint density at radius 1 is 0.744 bits per heavy atom. The number of methoxy groups -OCH3 is 2. The highest BCUT2D eigenvalue weighted by molar-refractivity contribution is 8.01. The fourth-order valence-electron chi connectivity index (χ4n) is 4.82. The van der Waals surface area contributed by atoms with Gasteiger partial charge in [0.25, 0.3) is 10.1 Å². The fraction of sp³-hybridized carbons (Fsp3) is 0.204. The highest BCUT2D eigenvalue weighted by Gasteiger charge is 2.29. The number of aldehydes is 1. The monoisotopic (exact) mass is 1160 g/mol. The summed E-state index contributed by atoms with van der Waals surface area (Å²) in [5.74, 6) is -0.499. The quantitative estimate of drug-likeness (QED) is 0.0195. The number of hydrogen-bond donors (Lipinski definition) is 5. The number of nitrogens with one attached hydrogen (secondary N) is 1. The van der Waals surface area contributed by atoms with Crippen LogP contribution in [0.15, 0.2) is 151 Å². The first-order valence-electron chi connectivity index (χ1n) is 21.5. The van der Waals surface area contributed by atoms with E-state index in [1.807, 2.05) is 19.1 Å². The summed E-state index contributed by atoms with van der Waals surface area (Å²) in [5.41, 5.74) is 3.42. The summed E-state index contributed by atoms with van der Waals surface area (Å²) >= 11 is 6.14. The molecule has 0 bridgehead atoms. The number of pyridine rings is 5.